The van der Waals surface area contributed by atoms with E-state index >= 15 is 0 Å². The number of esters is 1. The van der Waals surface area contributed by atoms with E-state index < -0.39 is 5.97 Å². The van der Waals surface area contributed by atoms with Gasteiger partial charge in [0.1, 0.15) is 5.75 Å². The van der Waals surface area contributed by atoms with Gasteiger partial charge in [0, 0.05) is 21.5 Å². The van der Waals surface area contributed by atoms with E-state index in [1.807, 2.05) is 24.3 Å². The quantitative estimate of drug-likeness (QED) is 0.312. The normalized spacial score (nSPS) is 11.3. The van der Waals surface area contributed by atoms with Crippen LogP contribution in [0.5, 0.6) is 5.75 Å². The molecule has 0 saturated heterocycles. The summed E-state index contributed by atoms with van der Waals surface area (Å²) < 4.78 is 6.89. The van der Waals surface area contributed by atoms with Gasteiger partial charge in [-0.05, 0) is 31.2 Å². The molecule has 1 heterocycles. The van der Waals surface area contributed by atoms with E-state index in [2.05, 4.69) is 0 Å². The van der Waals surface area contributed by atoms with Crippen LogP contribution in [0, 0.1) is 0 Å². The topological polar surface area (TPSA) is 43.4 Å². The zero-order chi connectivity index (χ0) is 14.8. The maximum absolute atomic E-state index is 12.5. The number of rotatable bonds is 2. The first-order valence-electron chi connectivity index (χ1n) is 6.50. The van der Waals surface area contributed by atoms with Crippen molar-refractivity contribution < 1.29 is 9.53 Å². The third-order valence-corrected chi connectivity index (χ3v) is 4.28. The Morgan fingerprint density at radius 1 is 1.10 bits per heavy atom. The molecule has 0 aliphatic rings. The average Bonchev–Trinajstić information content (AvgIpc) is 2.49. The lowest BCUT2D eigenvalue weighted by Crippen LogP contribution is -2.06. The van der Waals surface area contributed by atoms with Crippen LogP contribution in [0.4, 0.5) is 0 Å². The molecule has 1 aromatic heterocycles. The Hall–Kier alpha value is -2.46. The van der Waals surface area contributed by atoms with E-state index in [0.717, 1.165) is 4.70 Å². The number of hydrogen-bond donors (Lipinski definition) is 0. The highest BCUT2D eigenvalue weighted by Gasteiger charge is 2.11. The fourth-order valence-corrected chi connectivity index (χ4v) is 3.28. The Bertz CT molecular complexity index is 922. The van der Waals surface area contributed by atoms with Crippen molar-refractivity contribution in [1.29, 1.82) is 0 Å². The number of fused-ring (bicyclic) bond motifs is 2. The number of carbonyl (C=O) groups is 1. The molecule has 0 aliphatic heterocycles. The lowest BCUT2D eigenvalue weighted by Gasteiger charge is -2.06. The zero-order valence-corrected chi connectivity index (χ0v) is 12.1. The lowest BCUT2D eigenvalue weighted by atomic mass is 10.2. The Morgan fingerprint density at radius 2 is 1.86 bits per heavy atom. The number of allylic oxidation sites excluding steroid dienone is 1. The highest BCUT2D eigenvalue weighted by Crippen LogP contribution is 2.31. The molecule has 3 aromatic rings. The van der Waals surface area contributed by atoms with E-state index in [9.17, 15) is 9.59 Å². The van der Waals surface area contributed by atoms with Crippen LogP contribution in [0.25, 0.3) is 20.2 Å². The minimum absolute atomic E-state index is 0.0386. The number of carbonyl (C=O) groups excluding carboxylic acids is 1. The van der Waals surface area contributed by atoms with Crippen LogP contribution < -0.4 is 10.2 Å². The molecule has 0 spiro atoms. The SMILES string of the molecule is CC=CC(=O)Oc1cccc2c(=O)c3ccccc3sc12. The molecule has 2 aromatic carbocycles. The molecule has 0 amide bonds. The van der Waals surface area contributed by atoms with Crippen molar-refractivity contribution in [1.82, 2.24) is 0 Å². The fraction of sp³-hybridized carbons (Fsp3) is 0.0588. The maximum atomic E-state index is 12.5. The summed E-state index contributed by atoms with van der Waals surface area (Å²) in [4.78, 5) is 24.1. The minimum atomic E-state index is -0.446. The van der Waals surface area contributed by atoms with Crippen molar-refractivity contribution in [2.45, 2.75) is 6.92 Å². The number of ether oxygens (including phenoxy) is 1. The van der Waals surface area contributed by atoms with Crippen LogP contribution in [0.2, 0.25) is 0 Å². The highest BCUT2D eigenvalue weighted by molar-refractivity contribution is 7.24. The van der Waals surface area contributed by atoms with Crippen molar-refractivity contribution in [2.24, 2.45) is 0 Å². The molecule has 0 unspecified atom stereocenters. The summed E-state index contributed by atoms with van der Waals surface area (Å²) in [5, 5.41) is 1.26. The predicted molar refractivity (Wildman–Crippen MR) is 86.1 cm³/mol. The molecular weight excluding hydrogens is 284 g/mol. The number of hydrogen-bond acceptors (Lipinski definition) is 4. The minimum Gasteiger partial charge on any atom is -0.422 e. The van der Waals surface area contributed by atoms with Crippen molar-refractivity contribution in [3.63, 3.8) is 0 Å². The van der Waals surface area contributed by atoms with Gasteiger partial charge in [-0.3, -0.25) is 4.79 Å². The van der Waals surface area contributed by atoms with Crippen molar-refractivity contribution >= 4 is 37.5 Å². The summed E-state index contributed by atoms with van der Waals surface area (Å²) >= 11 is 1.45. The van der Waals surface area contributed by atoms with E-state index in [1.54, 1.807) is 31.2 Å². The molecule has 4 heteroatoms. The molecule has 0 N–H and O–H groups in total. The highest BCUT2D eigenvalue weighted by atomic mass is 32.1. The Balaban J connectivity index is 2.28. The summed E-state index contributed by atoms with van der Waals surface area (Å²) in [6.07, 6.45) is 2.97. The van der Waals surface area contributed by atoms with Crippen molar-refractivity contribution in [2.75, 3.05) is 0 Å². The van der Waals surface area contributed by atoms with Crippen LogP contribution in [-0.2, 0) is 4.79 Å². The van der Waals surface area contributed by atoms with Crippen LogP contribution >= 0.6 is 11.3 Å². The molecule has 3 rings (SSSR count). The molecule has 0 bridgehead atoms. The van der Waals surface area contributed by atoms with Gasteiger partial charge in [-0.15, -0.1) is 11.3 Å². The van der Waals surface area contributed by atoms with Gasteiger partial charge in [-0.25, -0.2) is 4.79 Å². The first kappa shape index (κ1) is 13.5. The molecule has 0 atom stereocenters. The monoisotopic (exact) mass is 296 g/mol. The van der Waals surface area contributed by atoms with Crippen molar-refractivity contribution in [3.8, 4) is 5.75 Å². The van der Waals surface area contributed by atoms with Gasteiger partial charge in [0.2, 0.25) is 0 Å². The molecule has 104 valence electrons. The summed E-state index contributed by atoms with van der Waals surface area (Å²) in [5.41, 5.74) is -0.0386. The second-order valence-electron chi connectivity index (χ2n) is 4.48. The molecule has 0 saturated carbocycles. The van der Waals surface area contributed by atoms with Crippen LogP contribution in [0.1, 0.15) is 6.92 Å². The zero-order valence-electron chi connectivity index (χ0n) is 11.3. The third kappa shape index (κ3) is 2.45. The van der Waals surface area contributed by atoms with E-state index in [-0.39, 0.29) is 5.43 Å². The fourth-order valence-electron chi connectivity index (χ4n) is 2.16. The molecule has 0 fully saturated rings. The Labute approximate surface area is 125 Å². The van der Waals surface area contributed by atoms with Crippen molar-refractivity contribution in [3.05, 3.63) is 64.8 Å². The molecule has 0 aliphatic carbocycles. The van der Waals surface area contributed by atoms with Crippen LogP contribution in [0.3, 0.4) is 0 Å². The van der Waals surface area contributed by atoms with Gasteiger partial charge >= 0.3 is 5.97 Å². The molecular formula is C17H12O3S. The predicted octanol–water partition coefficient (Wildman–Crippen LogP) is 3.90. The van der Waals surface area contributed by atoms with E-state index in [1.165, 1.54) is 17.4 Å². The van der Waals surface area contributed by atoms with Gasteiger partial charge in [0.05, 0.1) is 4.70 Å². The van der Waals surface area contributed by atoms with Gasteiger partial charge in [0.15, 0.2) is 5.43 Å². The second kappa shape index (κ2) is 5.50. The molecule has 0 radical (unpaired) electrons. The van der Waals surface area contributed by atoms with Gasteiger partial charge < -0.3 is 4.74 Å². The smallest absolute Gasteiger partial charge is 0.335 e. The summed E-state index contributed by atoms with van der Waals surface area (Å²) in [6, 6.07) is 12.6. The standard InChI is InChI=1S/C17H12O3S/c1-2-6-15(18)20-13-9-5-8-12-16(19)11-7-3-4-10-14(11)21-17(12)13/h2-10H,1H3. The summed E-state index contributed by atoms with van der Waals surface area (Å²) in [5.74, 6) is -0.0266. The summed E-state index contributed by atoms with van der Waals surface area (Å²) in [7, 11) is 0. The largest absolute Gasteiger partial charge is 0.422 e. The average molecular weight is 296 g/mol. The maximum Gasteiger partial charge on any atom is 0.335 e. The Morgan fingerprint density at radius 3 is 2.67 bits per heavy atom. The first-order valence-corrected chi connectivity index (χ1v) is 7.31. The van der Waals surface area contributed by atoms with Crippen LogP contribution in [0.15, 0.2) is 59.4 Å². The lowest BCUT2D eigenvalue weighted by molar-refractivity contribution is -0.128. The van der Waals surface area contributed by atoms with Gasteiger partial charge in [-0.1, -0.05) is 24.3 Å². The summed E-state index contributed by atoms with van der Waals surface area (Å²) in [6.45, 7) is 1.75. The van der Waals surface area contributed by atoms with E-state index in [0.29, 0.717) is 21.2 Å². The number of benzene rings is 2. The van der Waals surface area contributed by atoms with Gasteiger partial charge in [0.25, 0.3) is 0 Å². The van der Waals surface area contributed by atoms with E-state index in [4.69, 9.17) is 4.74 Å². The first-order chi connectivity index (χ1) is 10.2. The third-order valence-electron chi connectivity index (χ3n) is 3.08. The van der Waals surface area contributed by atoms with Crippen LogP contribution in [-0.4, -0.2) is 5.97 Å². The Kier molecular flexibility index (Phi) is 3.54. The second-order valence-corrected chi connectivity index (χ2v) is 5.53. The molecule has 3 nitrogen and oxygen atoms in total. The molecule has 21 heavy (non-hydrogen) atoms. The van der Waals surface area contributed by atoms with Gasteiger partial charge in [-0.2, -0.15) is 0 Å².